The topological polar surface area (TPSA) is 92.0 Å². The van der Waals surface area contributed by atoms with Gasteiger partial charge in [0.2, 0.25) is 5.88 Å². The standard InChI is InChI=1S/C7H9N5O2/c1-12-5(13-2)3-4(11-12)6-9-10-7(8)14-6/h3H,1-2H3,(H2,8,10). The molecule has 0 spiro atoms. The molecule has 0 fully saturated rings. The zero-order valence-electron chi connectivity index (χ0n) is 7.76. The van der Waals surface area contributed by atoms with Crippen LogP contribution in [0, 0.1) is 0 Å². The number of ether oxygens (including phenoxy) is 1. The Morgan fingerprint density at radius 2 is 2.29 bits per heavy atom. The predicted octanol–water partition coefficient (Wildman–Crippen LogP) is 0.0609. The lowest BCUT2D eigenvalue weighted by atomic mass is 10.4. The summed E-state index contributed by atoms with van der Waals surface area (Å²) in [5.74, 6) is 0.887. The Kier molecular flexibility index (Phi) is 1.84. The van der Waals surface area contributed by atoms with E-state index in [4.69, 9.17) is 14.9 Å². The predicted molar refractivity (Wildman–Crippen MR) is 47.5 cm³/mol. The van der Waals surface area contributed by atoms with Crippen molar-refractivity contribution in [3.8, 4) is 17.5 Å². The summed E-state index contributed by atoms with van der Waals surface area (Å²) in [7, 11) is 3.31. The minimum Gasteiger partial charge on any atom is -0.481 e. The van der Waals surface area contributed by atoms with Crippen LogP contribution in [0.3, 0.4) is 0 Å². The van der Waals surface area contributed by atoms with Gasteiger partial charge in [0.05, 0.1) is 7.11 Å². The van der Waals surface area contributed by atoms with Gasteiger partial charge >= 0.3 is 6.01 Å². The van der Waals surface area contributed by atoms with E-state index < -0.39 is 0 Å². The Balaban J connectivity index is 2.42. The van der Waals surface area contributed by atoms with Crippen molar-refractivity contribution in [1.82, 2.24) is 20.0 Å². The van der Waals surface area contributed by atoms with Crippen LogP contribution in [0.1, 0.15) is 0 Å². The second kappa shape index (κ2) is 3.02. The summed E-state index contributed by atoms with van der Waals surface area (Å²) >= 11 is 0. The Labute approximate surface area is 79.5 Å². The highest BCUT2D eigenvalue weighted by molar-refractivity contribution is 5.48. The van der Waals surface area contributed by atoms with Crippen molar-refractivity contribution in [2.45, 2.75) is 0 Å². The quantitative estimate of drug-likeness (QED) is 0.728. The molecule has 0 bridgehead atoms. The Bertz CT molecular complexity index is 447. The number of nitrogen functional groups attached to an aromatic ring is 1. The number of hydrogen-bond acceptors (Lipinski definition) is 6. The highest BCUT2D eigenvalue weighted by atomic mass is 16.5. The van der Waals surface area contributed by atoms with Crippen LogP contribution in [0.15, 0.2) is 10.5 Å². The largest absolute Gasteiger partial charge is 0.481 e. The van der Waals surface area contributed by atoms with Crippen LogP contribution < -0.4 is 10.5 Å². The third-order valence-electron chi connectivity index (χ3n) is 1.71. The summed E-state index contributed by atoms with van der Waals surface area (Å²) in [6, 6.07) is 1.71. The Morgan fingerprint density at radius 1 is 1.50 bits per heavy atom. The molecule has 2 heterocycles. The highest BCUT2D eigenvalue weighted by Crippen LogP contribution is 2.21. The van der Waals surface area contributed by atoms with Crippen LogP contribution in [0.25, 0.3) is 11.6 Å². The fraction of sp³-hybridized carbons (Fsp3) is 0.286. The molecule has 0 radical (unpaired) electrons. The van der Waals surface area contributed by atoms with Crippen LogP contribution in [0.4, 0.5) is 6.01 Å². The summed E-state index contributed by atoms with van der Waals surface area (Å²) in [5, 5.41) is 11.3. The lowest BCUT2D eigenvalue weighted by molar-refractivity contribution is 0.373. The smallest absolute Gasteiger partial charge is 0.313 e. The average molecular weight is 195 g/mol. The molecule has 2 aromatic rings. The molecule has 2 aromatic heterocycles. The lowest BCUT2D eigenvalue weighted by Crippen LogP contribution is -1.94. The molecule has 2 rings (SSSR count). The Morgan fingerprint density at radius 3 is 2.79 bits per heavy atom. The van der Waals surface area contributed by atoms with Crippen molar-refractivity contribution in [1.29, 1.82) is 0 Å². The molecule has 0 aliphatic carbocycles. The lowest BCUT2D eigenvalue weighted by Gasteiger charge is -1.95. The van der Waals surface area contributed by atoms with Crippen LogP contribution in [-0.2, 0) is 7.05 Å². The summed E-state index contributed by atoms with van der Waals surface area (Å²) in [6.07, 6.45) is 0. The van der Waals surface area contributed by atoms with E-state index in [0.717, 1.165) is 0 Å². The molecule has 0 amide bonds. The molecule has 0 unspecified atom stereocenters. The third-order valence-corrected chi connectivity index (χ3v) is 1.71. The summed E-state index contributed by atoms with van der Waals surface area (Å²) in [5.41, 5.74) is 5.82. The molecule has 0 saturated carbocycles. The van der Waals surface area contributed by atoms with Gasteiger partial charge in [-0.25, -0.2) is 4.68 Å². The third kappa shape index (κ3) is 1.28. The van der Waals surface area contributed by atoms with E-state index in [1.807, 2.05) is 0 Å². The van der Waals surface area contributed by atoms with Gasteiger partial charge in [-0.3, -0.25) is 0 Å². The van der Waals surface area contributed by atoms with Gasteiger partial charge in [0.15, 0.2) is 5.69 Å². The monoisotopic (exact) mass is 195 g/mol. The first-order valence-electron chi connectivity index (χ1n) is 3.88. The van der Waals surface area contributed by atoms with Crippen molar-refractivity contribution < 1.29 is 9.15 Å². The van der Waals surface area contributed by atoms with Gasteiger partial charge in [0.25, 0.3) is 5.89 Å². The number of anilines is 1. The van der Waals surface area contributed by atoms with Crippen LogP contribution >= 0.6 is 0 Å². The molecule has 7 heteroatoms. The second-order valence-electron chi connectivity index (χ2n) is 2.64. The fourth-order valence-electron chi connectivity index (χ4n) is 1.08. The minimum atomic E-state index is 0.0182. The molecule has 0 atom stereocenters. The van der Waals surface area contributed by atoms with Crippen LogP contribution in [0.2, 0.25) is 0 Å². The number of aromatic nitrogens is 4. The SMILES string of the molecule is COc1cc(-c2nnc(N)o2)nn1C. The molecule has 74 valence electrons. The zero-order valence-corrected chi connectivity index (χ0v) is 7.76. The Hall–Kier alpha value is -2.05. The average Bonchev–Trinajstić information content (AvgIpc) is 2.71. The first-order valence-corrected chi connectivity index (χ1v) is 3.88. The van der Waals surface area contributed by atoms with Crippen molar-refractivity contribution >= 4 is 6.01 Å². The van der Waals surface area contributed by atoms with Gasteiger partial charge in [0.1, 0.15) is 0 Å². The second-order valence-corrected chi connectivity index (χ2v) is 2.64. The molecule has 0 aliphatic rings. The maximum absolute atomic E-state index is 5.29. The zero-order chi connectivity index (χ0) is 10.1. The molecule has 2 N–H and O–H groups in total. The number of nitrogens with zero attached hydrogens (tertiary/aromatic N) is 4. The number of hydrogen-bond donors (Lipinski definition) is 1. The number of rotatable bonds is 2. The van der Waals surface area contributed by atoms with Gasteiger partial charge in [-0.15, -0.1) is 5.10 Å². The van der Waals surface area contributed by atoms with Crippen LogP contribution in [0.5, 0.6) is 5.88 Å². The van der Waals surface area contributed by atoms with Crippen molar-refractivity contribution in [3.63, 3.8) is 0 Å². The normalized spacial score (nSPS) is 10.4. The van der Waals surface area contributed by atoms with Gasteiger partial charge in [-0.1, -0.05) is 5.10 Å². The van der Waals surface area contributed by atoms with E-state index in [0.29, 0.717) is 11.6 Å². The first kappa shape index (κ1) is 8.54. The maximum atomic E-state index is 5.29. The number of methoxy groups -OCH3 is 1. The minimum absolute atomic E-state index is 0.0182. The molecule has 7 nitrogen and oxygen atoms in total. The molecule has 0 aromatic carbocycles. The first-order chi connectivity index (χ1) is 6.70. The summed E-state index contributed by atoms with van der Waals surface area (Å²) in [6.45, 7) is 0. The van der Waals surface area contributed by atoms with Crippen molar-refractivity contribution in [3.05, 3.63) is 6.07 Å². The molecule has 14 heavy (non-hydrogen) atoms. The van der Waals surface area contributed by atoms with E-state index in [1.54, 1.807) is 24.9 Å². The van der Waals surface area contributed by atoms with E-state index >= 15 is 0 Å². The number of aryl methyl sites for hydroxylation is 1. The van der Waals surface area contributed by atoms with Gasteiger partial charge in [-0.05, 0) is 0 Å². The molecular weight excluding hydrogens is 186 g/mol. The van der Waals surface area contributed by atoms with Crippen molar-refractivity contribution in [2.24, 2.45) is 7.05 Å². The molecule has 0 aliphatic heterocycles. The van der Waals surface area contributed by atoms with E-state index in [1.165, 1.54) is 0 Å². The van der Waals surface area contributed by atoms with E-state index in [2.05, 4.69) is 15.3 Å². The highest BCUT2D eigenvalue weighted by Gasteiger charge is 2.12. The number of nitrogens with two attached hydrogens (primary N) is 1. The van der Waals surface area contributed by atoms with Gasteiger partial charge in [0, 0.05) is 13.1 Å². The fourth-order valence-corrected chi connectivity index (χ4v) is 1.08. The molecular formula is C7H9N5O2. The van der Waals surface area contributed by atoms with E-state index in [-0.39, 0.29) is 11.9 Å². The van der Waals surface area contributed by atoms with Gasteiger partial charge < -0.3 is 14.9 Å². The summed E-state index contributed by atoms with van der Waals surface area (Å²) < 4.78 is 11.6. The van der Waals surface area contributed by atoms with E-state index in [9.17, 15) is 0 Å². The molecule has 0 saturated heterocycles. The van der Waals surface area contributed by atoms with Crippen LogP contribution in [-0.4, -0.2) is 27.1 Å². The summed E-state index contributed by atoms with van der Waals surface area (Å²) in [4.78, 5) is 0. The van der Waals surface area contributed by atoms with Gasteiger partial charge in [-0.2, -0.15) is 5.10 Å². The van der Waals surface area contributed by atoms with Crippen molar-refractivity contribution in [2.75, 3.05) is 12.8 Å². The maximum Gasteiger partial charge on any atom is 0.313 e.